The van der Waals surface area contributed by atoms with Crippen molar-refractivity contribution in [1.82, 2.24) is 0 Å². The number of rotatable bonds is 3. The van der Waals surface area contributed by atoms with Crippen LogP contribution in [0.5, 0.6) is 0 Å². The molecule has 1 aromatic rings. The van der Waals surface area contributed by atoms with E-state index < -0.39 is 0 Å². The summed E-state index contributed by atoms with van der Waals surface area (Å²) >= 11 is 3.52. The smallest absolute Gasteiger partial charge is 0.0965 e. The highest BCUT2D eigenvalue weighted by atomic mass is 79.9. The fraction of sp³-hybridized carbons (Fsp3) is 0.538. The first-order valence-electron chi connectivity index (χ1n) is 5.63. The van der Waals surface area contributed by atoms with Crippen LogP contribution in [0.25, 0.3) is 0 Å². The van der Waals surface area contributed by atoms with Crippen LogP contribution in [-0.2, 0) is 0 Å². The summed E-state index contributed by atoms with van der Waals surface area (Å²) < 4.78 is 14.2. The Morgan fingerprint density at radius 3 is 2.53 bits per heavy atom. The molecule has 1 aromatic carbocycles. The van der Waals surface area contributed by atoms with Gasteiger partial charge >= 0.3 is 0 Å². The first-order chi connectivity index (χ1) is 7.33. The third-order valence-electron chi connectivity index (χ3n) is 3.44. The summed E-state index contributed by atoms with van der Waals surface area (Å²) in [5.41, 5.74) is 1.15. The summed E-state index contributed by atoms with van der Waals surface area (Å²) in [5, 5.41) is 0. The molecule has 0 aliphatic heterocycles. The molecule has 2 heteroatoms. The number of hydrogen-bond donors (Lipinski definition) is 0. The van der Waals surface area contributed by atoms with Gasteiger partial charge in [-0.1, -0.05) is 47.0 Å². The Kier molecular flexibility index (Phi) is 3.79. The van der Waals surface area contributed by atoms with Gasteiger partial charge < -0.3 is 0 Å². The highest BCUT2D eigenvalue weighted by Gasteiger charge is 2.27. The molecule has 0 bridgehead atoms. The summed E-state index contributed by atoms with van der Waals surface area (Å²) in [6.07, 6.45) is 4.92. The van der Waals surface area contributed by atoms with Crippen LogP contribution in [0.4, 0.5) is 4.39 Å². The van der Waals surface area contributed by atoms with Gasteiger partial charge in [0.15, 0.2) is 0 Å². The molecule has 0 amide bonds. The highest BCUT2D eigenvalue weighted by molar-refractivity contribution is 9.10. The van der Waals surface area contributed by atoms with E-state index in [0.717, 1.165) is 10.0 Å². The lowest BCUT2D eigenvalue weighted by Gasteiger charge is -2.21. The molecule has 1 atom stereocenters. The van der Waals surface area contributed by atoms with E-state index in [0.29, 0.717) is 5.92 Å². The van der Waals surface area contributed by atoms with Crippen LogP contribution in [0.2, 0.25) is 0 Å². The molecule has 0 spiro atoms. The van der Waals surface area contributed by atoms with E-state index in [1.54, 1.807) is 0 Å². The molecule has 0 heterocycles. The van der Waals surface area contributed by atoms with Gasteiger partial charge in [0, 0.05) is 10.4 Å². The Bertz CT molecular complexity index is 318. The minimum absolute atomic E-state index is 0.100. The molecular formula is C13H16BrF. The van der Waals surface area contributed by atoms with E-state index in [1.807, 2.05) is 24.3 Å². The van der Waals surface area contributed by atoms with Crippen LogP contribution < -0.4 is 0 Å². The van der Waals surface area contributed by atoms with Gasteiger partial charge in [-0.15, -0.1) is 0 Å². The van der Waals surface area contributed by atoms with Crippen molar-refractivity contribution in [1.29, 1.82) is 0 Å². The predicted molar refractivity (Wildman–Crippen MR) is 64.8 cm³/mol. The summed E-state index contributed by atoms with van der Waals surface area (Å²) in [5.74, 6) is 0.650. The monoisotopic (exact) mass is 270 g/mol. The first-order valence-corrected chi connectivity index (χ1v) is 6.42. The summed E-state index contributed by atoms with van der Waals surface area (Å²) in [6.45, 7) is -0.229. The molecule has 0 aromatic heterocycles. The van der Waals surface area contributed by atoms with Crippen molar-refractivity contribution < 1.29 is 4.39 Å². The van der Waals surface area contributed by atoms with Gasteiger partial charge in [-0.2, -0.15) is 0 Å². The molecule has 0 radical (unpaired) electrons. The zero-order valence-electron chi connectivity index (χ0n) is 8.76. The highest BCUT2D eigenvalue weighted by Crippen LogP contribution is 2.39. The number of hydrogen-bond acceptors (Lipinski definition) is 0. The van der Waals surface area contributed by atoms with Gasteiger partial charge in [0.05, 0.1) is 6.67 Å². The van der Waals surface area contributed by atoms with Gasteiger partial charge in [0.1, 0.15) is 0 Å². The normalized spacial score (nSPS) is 19.3. The first kappa shape index (κ1) is 11.1. The fourth-order valence-corrected chi connectivity index (χ4v) is 3.18. The van der Waals surface area contributed by atoms with Crippen LogP contribution in [0.1, 0.15) is 37.2 Å². The Morgan fingerprint density at radius 1 is 1.27 bits per heavy atom. The third kappa shape index (κ3) is 2.41. The Labute approximate surface area is 99.0 Å². The van der Waals surface area contributed by atoms with Crippen molar-refractivity contribution in [3.05, 3.63) is 34.3 Å². The van der Waals surface area contributed by atoms with Crippen LogP contribution in [0, 0.1) is 5.92 Å². The van der Waals surface area contributed by atoms with Crippen molar-refractivity contribution in [2.24, 2.45) is 5.92 Å². The standard InChI is InChI=1S/C13H16BrF/c14-13-8-4-3-7-11(13)12(9-15)10-5-1-2-6-10/h3-4,7-8,10,12H,1-2,5-6,9H2. The molecule has 2 rings (SSSR count). The SMILES string of the molecule is FCC(c1ccccc1Br)C1CCCC1. The van der Waals surface area contributed by atoms with Crippen LogP contribution in [-0.4, -0.2) is 6.67 Å². The van der Waals surface area contributed by atoms with E-state index in [4.69, 9.17) is 0 Å². The Morgan fingerprint density at radius 2 is 1.93 bits per heavy atom. The van der Waals surface area contributed by atoms with Crippen molar-refractivity contribution in [2.45, 2.75) is 31.6 Å². The second-order valence-electron chi connectivity index (χ2n) is 4.33. The van der Waals surface area contributed by atoms with Gasteiger partial charge in [-0.25, -0.2) is 0 Å². The molecule has 1 aliphatic carbocycles. The molecule has 1 fully saturated rings. The summed E-state index contributed by atoms with van der Waals surface area (Å²) in [4.78, 5) is 0. The minimum atomic E-state index is -0.229. The average molecular weight is 271 g/mol. The van der Waals surface area contributed by atoms with Crippen molar-refractivity contribution in [3.8, 4) is 0 Å². The van der Waals surface area contributed by atoms with Gasteiger partial charge in [0.2, 0.25) is 0 Å². The second kappa shape index (κ2) is 5.11. The molecule has 15 heavy (non-hydrogen) atoms. The maximum absolute atomic E-state index is 13.2. The maximum Gasteiger partial charge on any atom is 0.0965 e. The molecule has 0 saturated heterocycles. The summed E-state index contributed by atoms with van der Waals surface area (Å²) in [6, 6.07) is 8.04. The molecule has 1 saturated carbocycles. The predicted octanol–water partition coefficient (Wildman–Crippen LogP) is 4.69. The van der Waals surface area contributed by atoms with Gasteiger partial charge in [-0.05, 0) is 30.4 Å². The van der Waals surface area contributed by atoms with E-state index in [2.05, 4.69) is 15.9 Å². The van der Waals surface area contributed by atoms with Crippen LogP contribution in [0.15, 0.2) is 28.7 Å². The molecule has 82 valence electrons. The number of benzene rings is 1. The largest absolute Gasteiger partial charge is 0.250 e. The van der Waals surface area contributed by atoms with Crippen molar-refractivity contribution in [2.75, 3.05) is 6.67 Å². The van der Waals surface area contributed by atoms with Crippen LogP contribution >= 0.6 is 15.9 Å². The van der Waals surface area contributed by atoms with Crippen LogP contribution in [0.3, 0.4) is 0 Å². The summed E-state index contributed by atoms with van der Waals surface area (Å²) in [7, 11) is 0. The molecule has 0 nitrogen and oxygen atoms in total. The molecular weight excluding hydrogens is 255 g/mol. The van der Waals surface area contributed by atoms with Gasteiger partial charge in [-0.3, -0.25) is 4.39 Å². The zero-order chi connectivity index (χ0) is 10.7. The quantitative estimate of drug-likeness (QED) is 0.748. The topological polar surface area (TPSA) is 0 Å². The van der Waals surface area contributed by atoms with E-state index in [-0.39, 0.29) is 12.6 Å². The number of alkyl halides is 1. The maximum atomic E-state index is 13.2. The van der Waals surface area contributed by atoms with Crippen molar-refractivity contribution in [3.63, 3.8) is 0 Å². The molecule has 1 aliphatic rings. The lowest BCUT2D eigenvalue weighted by Crippen LogP contribution is -2.12. The Hall–Kier alpha value is -0.370. The lowest BCUT2D eigenvalue weighted by molar-refractivity contribution is 0.336. The zero-order valence-corrected chi connectivity index (χ0v) is 10.3. The van der Waals surface area contributed by atoms with Crippen molar-refractivity contribution >= 4 is 15.9 Å². The Balaban J connectivity index is 2.22. The molecule has 0 N–H and O–H groups in total. The fourth-order valence-electron chi connectivity index (χ4n) is 2.60. The van der Waals surface area contributed by atoms with E-state index >= 15 is 0 Å². The average Bonchev–Trinajstić information content (AvgIpc) is 2.75. The third-order valence-corrected chi connectivity index (χ3v) is 4.16. The second-order valence-corrected chi connectivity index (χ2v) is 5.18. The minimum Gasteiger partial charge on any atom is -0.250 e. The van der Waals surface area contributed by atoms with E-state index in [1.165, 1.54) is 25.7 Å². The lowest BCUT2D eigenvalue weighted by atomic mass is 9.86. The van der Waals surface area contributed by atoms with Gasteiger partial charge in [0.25, 0.3) is 0 Å². The molecule has 1 unspecified atom stereocenters. The van der Waals surface area contributed by atoms with E-state index in [9.17, 15) is 4.39 Å². The number of halogens is 2.